The van der Waals surface area contributed by atoms with Crippen LogP contribution in [0.4, 0.5) is 5.69 Å². The van der Waals surface area contributed by atoms with E-state index in [1.54, 1.807) is 12.1 Å². The highest BCUT2D eigenvalue weighted by Crippen LogP contribution is 2.41. The molecule has 0 radical (unpaired) electrons. The van der Waals surface area contributed by atoms with E-state index in [9.17, 15) is 19.8 Å². The van der Waals surface area contributed by atoms with Crippen LogP contribution >= 0.6 is 23.2 Å². The van der Waals surface area contributed by atoms with E-state index in [-0.39, 0.29) is 48.2 Å². The molecule has 1 heterocycles. The summed E-state index contributed by atoms with van der Waals surface area (Å²) < 4.78 is 5.48. The number of anilines is 1. The molecule has 1 aliphatic heterocycles. The molecule has 2 aromatic carbocycles. The Morgan fingerprint density at radius 1 is 1.07 bits per heavy atom. The Labute approximate surface area is 245 Å². The molecule has 2 aromatic rings. The molecule has 5 N–H and O–H groups in total. The first-order valence-electron chi connectivity index (χ1n) is 13.9. The first kappa shape index (κ1) is 30.4. The van der Waals surface area contributed by atoms with Gasteiger partial charge in [-0.25, -0.2) is 0 Å². The van der Waals surface area contributed by atoms with Crippen LogP contribution in [-0.2, 0) is 16.0 Å². The number of aromatic hydroxyl groups is 1. The van der Waals surface area contributed by atoms with Crippen molar-refractivity contribution in [2.24, 2.45) is 0 Å². The van der Waals surface area contributed by atoms with Gasteiger partial charge < -0.3 is 35.8 Å². The number of amides is 2. The van der Waals surface area contributed by atoms with Crippen LogP contribution in [0.1, 0.15) is 55.8 Å². The normalized spacial score (nSPS) is 16.1. The molecule has 1 saturated carbocycles. The van der Waals surface area contributed by atoms with Crippen molar-refractivity contribution in [3.63, 3.8) is 0 Å². The Morgan fingerprint density at radius 2 is 1.88 bits per heavy atom. The van der Waals surface area contributed by atoms with Crippen LogP contribution in [0.2, 0.25) is 10.0 Å². The summed E-state index contributed by atoms with van der Waals surface area (Å²) in [5, 5.41) is 31.1. The van der Waals surface area contributed by atoms with E-state index in [1.165, 1.54) is 12.5 Å². The zero-order valence-corrected chi connectivity index (χ0v) is 24.1. The van der Waals surface area contributed by atoms with Crippen LogP contribution in [-0.4, -0.2) is 72.3 Å². The van der Waals surface area contributed by atoms with E-state index >= 15 is 0 Å². The van der Waals surface area contributed by atoms with Gasteiger partial charge in [-0.2, -0.15) is 0 Å². The summed E-state index contributed by atoms with van der Waals surface area (Å²) in [5.74, 6) is -0.0632. The fourth-order valence-corrected chi connectivity index (χ4v) is 5.60. The third-order valence-electron chi connectivity index (χ3n) is 7.43. The lowest BCUT2D eigenvalue weighted by Gasteiger charge is -2.35. The lowest BCUT2D eigenvalue weighted by atomic mass is 9.94. The number of benzene rings is 2. The number of carbonyl (C=O) groups is 2. The van der Waals surface area contributed by atoms with Crippen molar-refractivity contribution >= 4 is 40.7 Å². The number of carbonyl (C=O) groups excluding carboxylic acids is 2. The Kier molecular flexibility index (Phi) is 11.3. The molecule has 218 valence electrons. The van der Waals surface area contributed by atoms with E-state index in [4.69, 9.17) is 27.9 Å². The maximum absolute atomic E-state index is 13.2. The third-order valence-corrected chi connectivity index (χ3v) is 8.17. The second-order valence-electron chi connectivity index (χ2n) is 10.3. The van der Waals surface area contributed by atoms with Gasteiger partial charge in [0.05, 0.1) is 16.1 Å². The highest BCUT2D eigenvalue weighted by Gasteiger charge is 2.27. The lowest BCUT2D eigenvalue weighted by Crippen LogP contribution is -2.46. The Balaban J connectivity index is 1.24. The molecule has 0 spiro atoms. The quantitative estimate of drug-likeness (QED) is 0.176. The molecule has 0 saturated heterocycles. The van der Waals surface area contributed by atoms with Gasteiger partial charge in [-0.3, -0.25) is 9.59 Å². The van der Waals surface area contributed by atoms with Crippen LogP contribution in [0.15, 0.2) is 30.3 Å². The molecular weight excluding hydrogens is 555 g/mol. The summed E-state index contributed by atoms with van der Waals surface area (Å²) in [6.45, 7) is 2.48. The van der Waals surface area contributed by atoms with Gasteiger partial charge in [0.2, 0.25) is 5.91 Å². The smallest absolute Gasteiger partial charge is 0.262 e. The van der Waals surface area contributed by atoms with Crippen LogP contribution in [0, 0.1) is 0 Å². The van der Waals surface area contributed by atoms with Gasteiger partial charge in [0.15, 0.2) is 12.4 Å². The van der Waals surface area contributed by atoms with Gasteiger partial charge in [0, 0.05) is 44.2 Å². The molecule has 0 bridgehead atoms. The molecule has 4 rings (SSSR count). The predicted molar refractivity (Wildman–Crippen MR) is 156 cm³/mol. The van der Waals surface area contributed by atoms with Crippen molar-refractivity contribution < 1.29 is 24.5 Å². The zero-order valence-electron chi connectivity index (χ0n) is 22.6. The SMILES string of the molecule is O=C1COc2c([C@@H](O)CNCCN(C(=O)CCNCCc3ccc(Cl)c(Cl)c3)C3CCCCC3)ccc(O)c2N1. The van der Waals surface area contributed by atoms with E-state index in [0.29, 0.717) is 41.7 Å². The van der Waals surface area contributed by atoms with Crippen molar-refractivity contribution in [3.05, 3.63) is 51.5 Å². The number of phenolic OH excluding ortho intramolecular Hbond substituents is 1. The average molecular weight is 594 g/mol. The zero-order chi connectivity index (χ0) is 28.5. The minimum absolute atomic E-state index is 0.113. The van der Waals surface area contributed by atoms with Gasteiger partial charge >= 0.3 is 0 Å². The maximum atomic E-state index is 13.2. The standard InChI is InChI=1S/C29H38Cl2N4O5/c30-22-8-6-19(16-23(22)31)10-12-32-13-11-27(39)35(20-4-2-1-3-5-20)15-14-33-17-25(37)21-7-9-24(36)28-29(21)40-18-26(38)34-28/h6-9,16,20,25,32-33,36-37H,1-5,10-15,17-18H2,(H,34,38)/t25-/m0/s1. The van der Waals surface area contributed by atoms with Gasteiger partial charge in [-0.15, -0.1) is 0 Å². The molecule has 1 fully saturated rings. The number of fused-ring (bicyclic) bond motifs is 1. The Hall–Kier alpha value is -2.56. The fraction of sp³-hybridized carbons (Fsp3) is 0.517. The first-order valence-corrected chi connectivity index (χ1v) is 14.7. The highest BCUT2D eigenvalue weighted by molar-refractivity contribution is 6.42. The Morgan fingerprint density at radius 3 is 2.65 bits per heavy atom. The minimum Gasteiger partial charge on any atom is -0.506 e. The number of hydrogen-bond acceptors (Lipinski definition) is 7. The van der Waals surface area contributed by atoms with Crippen molar-refractivity contribution in [1.29, 1.82) is 0 Å². The number of rotatable bonds is 13. The summed E-state index contributed by atoms with van der Waals surface area (Å²) in [6, 6.07) is 8.87. The molecule has 0 aromatic heterocycles. The average Bonchev–Trinajstić information content (AvgIpc) is 2.95. The summed E-state index contributed by atoms with van der Waals surface area (Å²) >= 11 is 12.1. The molecular formula is C29H38Cl2N4O5. The topological polar surface area (TPSA) is 123 Å². The lowest BCUT2D eigenvalue weighted by molar-refractivity contribution is -0.134. The fourth-order valence-electron chi connectivity index (χ4n) is 5.28. The summed E-state index contributed by atoms with van der Waals surface area (Å²) in [6.07, 6.45) is 5.80. The molecule has 2 aliphatic rings. The molecule has 11 heteroatoms. The maximum Gasteiger partial charge on any atom is 0.262 e. The molecule has 40 heavy (non-hydrogen) atoms. The largest absolute Gasteiger partial charge is 0.506 e. The molecule has 0 unspecified atom stereocenters. The number of ether oxygens (including phenoxy) is 1. The number of hydrogen-bond donors (Lipinski definition) is 5. The summed E-state index contributed by atoms with van der Waals surface area (Å²) in [4.78, 5) is 26.9. The van der Waals surface area contributed by atoms with E-state index in [0.717, 1.165) is 44.2 Å². The van der Waals surface area contributed by atoms with E-state index in [1.807, 2.05) is 17.0 Å². The molecule has 1 aliphatic carbocycles. The number of aliphatic hydroxyl groups excluding tert-OH is 1. The van der Waals surface area contributed by atoms with E-state index < -0.39 is 6.10 Å². The first-order chi connectivity index (χ1) is 19.3. The molecule has 1 atom stereocenters. The highest BCUT2D eigenvalue weighted by atomic mass is 35.5. The number of nitrogens with one attached hydrogen (secondary N) is 3. The summed E-state index contributed by atoms with van der Waals surface area (Å²) in [7, 11) is 0. The number of halogens is 2. The van der Waals surface area contributed by atoms with Crippen LogP contribution in [0.3, 0.4) is 0 Å². The predicted octanol–water partition coefficient (Wildman–Crippen LogP) is 4.04. The van der Waals surface area contributed by atoms with Crippen molar-refractivity contribution in [2.45, 2.75) is 57.1 Å². The van der Waals surface area contributed by atoms with Crippen LogP contribution in [0.5, 0.6) is 11.5 Å². The van der Waals surface area contributed by atoms with Gasteiger partial charge in [0.25, 0.3) is 5.91 Å². The monoisotopic (exact) mass is 592 g/mol. The van der Waals surface area contributed by atoms with Crippen LogP contribution in [0.25, 0.3) is 0 Å². The number of nitrogens with zero attached hydrogens (tertiary/aromatic N) is 1. The van der Waals surface area contributed by atoms with E-state index in [2.05, 4.69) is 16.0 Å². The second-order valence-corrected chi connectivity index (χ2v) is 11.1. The Bertz CT molecular complexity index is 1180. The third kappa shape index (κ3) is 8.24. The van der Waals surface area contributed by atoms with Crippen molar-refractivity contribution in [3.8, 4) is 11.5 Å². The van der Waals surface area contributed by atoms with Gasteiger partial charge in [-0.1, -0.05) is 48.5 Å². The molecule has 2 amide bonds. The van der Waals surface area contributed by atoms with Crippen molar-refractivity contribution in [2.75, 3.05) is 44.6 Å². The van der Waals surface area contributed by atoms with Gasteiger partial charge in [-0.05, 0) is 55.6 Å². The minimum atomic E-state index is -0.914. The second kappa shape index (κ2) is 14.9. The van der Waals surface area contributed by atoms with Gasteiger partial charge in [0.1, 0.15) is 11.4 Å². The number of aliphatic hydroxyl groups is 1. The summed E-state index contributed by atoms with van der Waals surface area (Å²) in [5.41, 5.74) is 1.74. The number of phenols is 1. The van der Waals surface area contributed by atoms with Crippen molar-refractivity contribution in [1.82, 2.24) is 15.5 Å². The van der Waals surface area contributed by atoms with Crippen LogP contribution < -0.4 is 20.7 Å². The molecule has 9 nitrogen and oxygen atoms in total.